The molecule has 0 saturated carbocycles. The Morgan fingerprint density at radius 3 is 2.37 bits per heavy atom. The van der Waals surface area contributed by atoms with Crippen LogP contribution in [0.5, 0.6) is 5.75 Å². The third-order valence-corrected chi connectivity index (χ3v) is 7.26. The number of ether oxygens (including phenoxy) is 1. The van der Waals surface area contributed by atoms with Crippen LogP contribution in [-0.2, 0) is 9.59 Å². The van der Waals surface area contributed by atoms with E-state index in [4.69, 9.17) is 4.74 Å². The number of amides is 1. The van der Waals surface area contributed by atoms with Crippen molar-refractivity contribution < 1.29 is 19.4 Å². The molecule has 1 N–H and O–H groups in total. The predicted octanol–water partition coefficient (Wildman–Crippen LogP) is 5.86. The maximum atomic E-state index is 13.4. The Bertz CT molecular complexity index is 1520. The van der Waals surface area contributed by atoms with Crippen LogP contribution in [0, 0.1) is 20.8 Å². The van der Waals surface area contributed by atoms with Gasteiger partial charge in [-0.25, -0.2) is 4.98 Å². The number of fused-ring (bicyclic) bond motifs is 1. The van der Waals surface area contributed by atoms with E-state index in [0.29, 0.717) is 16.4 Å². The molecule has 1 saturated heterocycles. The number of hydrogen-bond acceptors (Lipinski definition) is 6. The van der Waals surface area contributed by atoms with E-state index < -0.39 is 17.7 Å². The lowest BCUT2D eigenvalue weighted by molar-refractivity contribution is -0.132. The number of rotatable bonds is 4. The number of aromatic nitrogens is 1. The van der Waals surface area contributed by atoms with Crippen LogP contribution in [-0.4, -0.2) is 28.9 Å². The number of thiazole rings is 1. The summed E-state index contributed by atoms with van der Waals surface area (Å²) < 4.78 is 6.25. The molecule has 0 unspecified atom stereocenters. The van der Waals surface area contributed by atoms with E-state index in [-0.39, 0.29) is 11.3 Å². The predicted molar refractivity (Wildman–Crippen MR) is 138 cm³/mol. The molecule has 1 aliphatic rings. The summed E-state index contributed by atoms with van der Waals surface area (Å²) in [6, 6.07) is 17.8. The first-order valence-corrected chi connectivity index (χ1v) is 12.0. The Kier molecular flexibility index (Phi) is 5.65. The van der Waals surface area contributed by atoms with E-state index >= 15 is 0 Å². The van der Waals surface area contributed by atoms with E-state index in [1.165, 1.54) is 16.2 Å². The molecule has 1 aromatic heterocycles. The number of anilines is 1. The molecule has 4 aromatic rings. The van der Waals surface area contributed by atoms with Gasteiger partial charge in [0, 0.05) is 5.56 Å². The summed E-state index contributed by atoms with van der Waals surface area (Å²) in [4.78, 5) is 32.8. The fourth-order valence-electron chi connectivity index (χ4n) is 4.40. The summed E-state index contributed by atoms with van der Waals surface area (Å²) in [6.07, 6.45) is 0. The highest BCUT2D eigenvalue weighted by molar-refractivity contribution is 7.22. The van der Waals surface area contributed by atoms with Gasteiger partial charge in [-0.2, -0.15) is 0 Å². The van der Waals surface area contributed by atoms with E-state index in [2.05, 4.69) is 4.98 Å². The maximum Gasteiger partial charge on any atom is 0.301 e. The third kappa shape index (κ3) is 3.88. The molecule has 1 amide bonds. The first kappa shape index (κ1) is 22.8. The van der Waals surface area contributed by atoms with Gasteiger partial charge in [0.05, 0.1) is 28.9 Å². The molecule has 0 aliphatic carbocycles. The van der Waals surface area contributed by atoms with Crippen LogP contribution < -0.4 is 9.64 Å². The van der Waals surface area contributed by atoms with E-state index in [0.717, 1.165) is 32.5 Å². The number of aliphatic hydroxyl groups excluding tert-OH is 1. The maximum absolute atomic E-state index is 13.4. The highest BCUT2D eigenvalue weighted by Crippen LogP contribution is 2.44. The minimum atomic E-state index is -0.806. The molecule has 35 heavy (non-hydrogen) atoms. The van der Waals surface area contributed by atoms with Crippen molar-refractivity contribution in [2.24, 2.45) is 0 Å². The number of Topliss-reactive ketones (excluding diaryl/α,β-unsaturated/α-hetero) is 1. The molecule has 176 valence electrons. The number of aliphatic hydroxyl groups is 1. The smallest absolute Gasteiger partial charge is 0.301 e. The molecule has 2 heterocycles. The number of carbonyl (C=O) groups is 2. The topological polar surface area (TPSA) is 79.7 Å². The van der Waals surface area contributed by atoms with Crippen molar-refractivity contribution in [1.29, 1.82) is 0 Å². The molecule has 6 nitrogen and oxygen atoms in total. The van der Waals surface area contributed by atoms with Crippen molar-refractivity contribution in [3.05, 3.63) is 94.1 Å². The Balaban J connectivity index is 1.72. The van der Waals surface area contributed by atoms with Gasteiger partial charge in [0.1, 0.15) is 11.5 Å². The van der Waals surface area contributed by atoms with Gasteiger partial charge in [0.25, 0.3) is 5.78 Å². The average Bonchev–Trinajstić information content (AvgIpc) is 3.37. The second-order valence-electron chi connectivity index (χ2n) is 8.73. The minimum absolute atomic E-state index is 0.0406. The zero-order chi connectivity index (χ0) is 24.9. The normalized spacial score (nSPS) is 17.4. The minimum Gasteiger partial charge on any atom is -0.507 e. The quantitative estimate of drug-likeness (QED) is 0.223. The van der Waals surface area contributed by atoms with Crippen LogP contribution in [0.15, 0.2) is 66.2 Å². The van der Waals surface area contributed by atoms with Gasteiger partial charge in [0.2, 0.25) is 0 Å². The number of aryl methyl sites for hydroxylation is 3. The van der Waals surface area contributed by atoms with Crippen LogP contribution in [0.2, 0.25) is 0 Å². The Labute approximate surface area is 207 Å². The lowest BCUT2D eigenvalue weighted by Crippen LogP contribution is -2.29. The van der Waals surface area contributed by atoms with Gasteiger partial charge in [0.15, 0.2) is 5.13 Å². The van der Waals surface area contributed by atoms with Crippen LogP contribution in [0.1, 0.15) is 33.9 Å². The zero-order valence-electron chi connectivity index (χ0n) is 19.8. The second kappa shape index (κ2) is 8.67. The Morgan fingerprint density at radius 1 is 0.971 bits per heavy atom. The summed E-state index contributed by atoms with van der Waals surface area (Å²) >= 11 is 1.35. The molecule has 1 aliphatic heterocycles. The molecular formula is C28H24N2O4S. The monoisotopic (exact) mass is 484 g/mol. The number of methoxy groups -OCH3 is 1. The zero-order valence-corrected chi connectivity index (χ0v) is 20.6. The van der Waals surface area contributed by atoms with Gasteiger partial charge in [-0.3, -0.25) is 14.5 Å². The van der Waals surface area contributed by atoms with Crippen LogP contribution in [0.3, 0.4) is 0 Å². The number of hydrogen-bond donors (Lipinski definition) is 1. The highest BCUT2D eigenvalue weighted by Gasteiger charge is 2.48. The van der Waals surface area contributed by atoms with Gasteiger partial charge in [-0.1, -0.05) is 47.2 Å². The van der Waals surface area contributed by atoms with Gasteiger partial charge < -0.3 is 9.84 Å². The van der Waals surface area contributed by atoms with Crippen molar-refractivity contribution in [2.75, 3.05) is 12.0 Å². The van der Waals surface area contributed by atoms with Gasteiger partial charge in [-0.15, -0.1) is 0 Å². The summed E-state index contributed by atoms with van der Waals surface area (Å²) in [5, 5.41) is 11.8. The number of nitrogens with zero attached hydrogens (tertiary/aromatic N) is 2. The number of ketones is 1. The van der Waals surface area contributed by atoms with E-state index in [9.17, 15) is 14.7 Å². The molecule has 3 aromatic carbocycles. The average molecular weight is 485 g/mol. The SMILES string of the molecule is COc1ccc(/C(O)=C2\C(=O)C(=O)N(c3nc4ccc(C)cc4s3)[C@@H]2c2ccc(C)cc2)cc1C. The molecule has 0 bridgehead atoms. The molecule has 0 radical (unpaired) electrons. The van der Waals surface area contributed by atoms with E-state index in [1.54, 1.807) is 25.3 Å². The largest absolute Gasteiger partial charge is 0.507 e. The lowest BCUT2D eigenvalue weighted by atomic mass is 9.94. The first-order valence-electron chi connectivity index (χ1n) is 11.2. The molecule has 1 atom stereocenters. The first-order chi connectivity index (χ1) is 16.8. The van der Waals surface area contributed by atoms with Gasteiger partial charge in [-0.05, 0) is 67.8 Å². The second-order valence-corrected chi connectivity index (χ2v) is 9.74. The van der Waals surface area contributed by atoms with Crippen LogP contribution in [0.25, 0.3) is 16.0 Å². The van der Waals surface area contributed by atoms with Crippen LogP contribution >= 0.6 is 11.3 Å². The van der Waals surface area contributed by atoms with Crippen molar-refractivity contribution in [1.82, 2.24) is 4.98 Å². The summed E-state index contributed by atoms with van der Waals surface area (Å²) in [6.45, 7) is 5.82. The van der Waals surface area contributed by atoms with Crippen molar-refractivity contribution in [3.8, 4) is 5.75 Å². The lowest BCUT2D eigenvalue weighted by Gasteiger charge is -2.23. The molecule has 0 spiro atoms. The van der Waals surface area contributed by atoms with E-state index in [1.807, 2.05) is 63.2 Å². The Hall–Kier alpha value is -3.97. The number of carbonyl (C=O) groups excluding carboxylic acids is 2. The molecule has 5 rings (SSSR count). The molecular weight excluding hydrogens is 460 g/mol. The summed E-state index contributed by atoms with van der Waals surface area (Å²) in [5.74, 6) is -1.00. The third-order valence-electron chi connectivity index (χ3n) is 6.24. The number of benzene rings is 3. The van der Waals surface area contributed by atoms with Crippen molar-refractivity contribution >= 4 is 44.1 Å². The van der Waals surface area contributed by atoms with Crippen molar-refractivity contribution in [2.45, 2.75) is 26.8 Å². The van der Waals surface area contributed by atoms with Crippen molar-refractivity contribution in [3.63, 3.8) is 0 Å². The van der Waals surface area contributed by atoms with Crippen LogP contribution in [0.4, 0.5) is 5.13 Å². The fourth-order valence-corrected chi connectivity index (χ4v) is 5.49. The highest BCUT2D eigenvalue weighted by atomic mass is 32.1. The summed E-state index contributed by atoms with van der Waals surface area (Å²) in [7, 11) is 1.57. The van der Waals surface area contributed by atoms with Gasteiger partial charge >= 0.3 is 5.91 Å². The summed E-state index contributed by atoms with van der Waals surface area (Å²) in [5.41, 5.74) is 4.89. The Morgan fingerprint density at radius 2 is 1.69 bits per heavy atom. The molecule has 7 heteroatoms. The fraction of sp³-hybridized carbons (Fsp3) is 0.179. The molecule has 1 fully saturated rings. The standard InChI is InChI=1S/C28H24N2O4S/c1-15-5-8-18(9-6-15)24-23(25(31)19-10-12-21(34-4)17(3)14-19)26(32)27(33)30(24)28-29-20-11-7-16(2)13-22(20)35-28/h5-14,24,31H,1-4H3/b25-23+/t24-/m1/s1.